The van der Waals surface area contributed by atoms with E-state index in [9.17, 15) is 9.18 Å². The van der Waals surface area contributed by atoms with Crippen molar-refractivity contribution in [2.45, 2.75) is 107 Å². The smallest absolute Gasteiger partial charge is 0.227 e. The van der Waals surface area contributed by atoms with E-state index in [1.54, 1.807) is 0 Å². The highest BCUT2D eigenvalue weighted by atomic mass is 19.1. The van der Waals surface area contributed by atoms with E-state index in [1.165, 1.54) is 19.3 Å². The van der Waals surface area contributed by atoms with Gasteiger partial charge in [-0.3, -0.25) is 4.79 Å². The topological polar surface area (TPSA) is 126 Å². The van der Waals surface area contributed by atoms with Crippen LogP contribution < -0.4 is 32.7 Å². The standard InChI is InChI=1S/C25H47FN6O2/c26-17-6-10-25(8-2-1-3-9-25)13-19(31-14-17)22(23(27)28)24(33)32-20-16-30-12-7-21(20)34-18-5-4-11-29-15-18/h17-23,29-31H,1-16,27-28H2,(H,32,33)/t17?,18-,19?,20?,21?,22?/m0/s1. The molecule has 34 heavy (non-hydrogen) atoms. The first kappa shape index (κ1) is 26.2. The molecule has 1 saturated carbocycles. The summed E-state index contributed by atoms with van der Waals surface area (Å²) in [6.45, 7) is 3.69. The Balaban J connectivity index is 1.44. The van der Waals surface area contributed by atoms with Crippen LogP contribution in [0.25, 0.3) is 0 Å². The summed E-state index contributed by atoms with van der Waals surface area (Å²) in [4.78, 5) is 13.6. The minimum absolute atomic E-state index is 0.0325. The van der Waals surface area contributed by atoms with Crippen molar-refractivity contribution in [1.82, 2.24) is 21.3 Å². The molecule has 3 aliphatic heterocycles. The Morgan fingerprint density at radius 2 is 1.76 bits per heavy atom. The van der Waals surface area contributed by atoms with Crippen LogP contribution >= 0.6 is 0 Å². The number of amides is 1. The molecule has 1 spiro atoms. The number of carbonyl (C=O) groups excluding carboxylic acids is 1. The molecule has 4 fully saturated rings. The number of rotatable bonds is 6. The number of halogens is 1. The van der Waals surface area contributed by atoms with Crippen molar-refractivity contribution in [3.8, 4) is 0 Å². The maximum absolute atomic E-state index is 14.6. The van der Waals surface area contributed by atoms with Gasteiger partial charge in [0.05, 0.1) is 30.3 Å². The number of ether oxygens (including phenoxy) is 1. The van der Waals surface area contributed by atoms with Crippen molar-refractivity contribution in [2.24, 2.45) is 22.8 Å². The lowest BCUT2D eigenvalue weighted by Gasteiger charge is -2.45. The molecule has 4 rings (SSSR count). The van der Waals surface area contributed by atoms with Gasteiger partial charge in [-0.2, -0.15) is 0 Å². The molecule has 9 heteroatoms. The van der Waals surface area contributed by atoms with Crippen LogP contribution in [-0.2, 0) is 9.53 Å². The third-order valence-electron chi connectivity index (χ3n) is 8.67. The van der Waals surface area contributed by atoms with E-state index in [4.69, 9.17) is 16.2 Å². The van der Waals surface area contributed by atoms with E-state index in [0.717, 1.165) is 64.6 Å². The molecule has 5 unspecified atom stereocenters. The van der Waals surface area contributed by atoms with E-state index in [-0.39, 0.29) is 42.2 Å². The molecule has 0 bridgehead atoms. The number of piperidine rings is 2. The van der Waals surface area contributed by atoms with Crippen LogP contribution in [-0.4, -0.2) is 75.3 Å². The van der Waals surface area contributed by atoms with Gasteiger partial charge in [-0.25, -0.2) is 4.39 Å². The van der Waals surface area contributed by atoms with E-state index in [0.29, 0.717) is 13.0 Å². The van der Waals surface area contributed by atoms with Crippen LogP contribution in [0.4, 0.5) is 4.39 Å². The second-order valence-electron chi connectivity index (χ2n) is 11.3. The third kappa shape index (κ3) is 6.89. The number of alkyl halides is 1. The highest BCUT2D eigenvalue weighted by Gasteiger charge is 2.43. The fourth-order valence-electron chi connectivity index (χ4n) is 6.72. The normalized spacial score (nSPS) is 35.9. The van der Waals surface area contributed by atoms with E-state index in [1.807, 2.05) is 0 Å². The highest BCUT2D eigenvalue weighted by molar-refractivity contribution is 5.80. The van der Waals surface area contributed by atoms with Gasteiger partial charge in [0.25, 0.3) is 0 Å². The fraction of sp³-hybridized carbons (Fsp3) is 0.960. The minimum atomic E-state index is -0.899. The Morgan fingerprint density at radius 3 is 2.50 bits per heavy atom. The summed E-state index contributed by atoms with van der Waals surface area (Å²) in [6.07, 6.45) is 9.57. The molecule has 3 heterocycles. The van der Waals surface area contributed by atoms with Crippen LogP contribution in [0.2, 0.25) is 0 Å². The zero-order chi connectivity index (χ0) is 24.0. The van der Waals surface area contributed by atoms with Crippen molar-refractivity contribution in [2.75, 3.05) is 32.7 Å². The summed E-state index contributed by atoms with van der Waals surface area (Å²) in [5, 5.41) is 13.4. The Labute approximate surface area is 204 Å². The molecule has 6 atom stereocenters. The zero-order valence-electron chi connectivity index (χ0n) is 20.7. The molecule has 196 valence electrons. The van der Waals surface area contributed by atoms with Crippen LogP contribution in [0.1, 0.15) is 70.6 Å². The molecular weight excluding hydrogens is 435 g/mol. The Bertz CT molecular complexity index is 641. The summed E-state index contributed by atoms with van der Waals surface area (Å²) in [5.41, 5.74) is 12.5. The summed E-state index contributed by atoms with van der Waals surface area (Å²) < 4.78 is 21.0. The Hall–Kier alpha value is -0.840. The molecule has 8 N–H and O–H groups in total. The second kappa shape index (κ2) is 12.4. The average Bonchev–Trinajstić information content (AvgIpc) is 2.83. The van der Waals surface area contributed by atoms with E-state index < -0.39 is 18.3 Å². The van der Waals surface area contributed by atoms with Gasteiger partial charge < -0.3 is 37.5 Å². The van der Waals surface area contributed by atoms with Gasteiger partial charge in [-0.1, -0.05) is 19.3 Å². The molecule has 0 aromatic carbocycles. The zero-order valence-corrected chi connectivity index (χ0v) is 20.7. The van der Waals surface area contributed by atoms with Gasteiger partial charge in [0.15, 0.2) is 0 Å². The fourth-order valence-corrected chi connectivity index (χ4v) is 6.72. The second-order valence-corrected chi connectivity index (χ2v) is 11.3. The first-order valence-corrected chi connectivity index (χ1v) is 13.7. The number of carbonyl (C=O) groups is 1. The first-order valence-electron chi connectivity index (χ1n) is 13.7. The van der Waals surface area contributed by atoms with Gasteiger partial charge >= 0.3 is 0 Å². The molecular formula is C25H47FN6O2. The van der Waals surface area contributed by atoms with Gasteiger partial charge in [-0.15, -0.1) is 0 Å². The molecule has 4 aliphatic rings. The Kier molecular flexibility index (Phi) is 9.57. The van der Waals surface area contributed by atoms with Gasteiger partial charge in [0.2, 0.25) is 5.91 Å². The number of hydrogen-bond donors (Lipinski definition) is 6. The van der Waals surface area contributed by atoms with Gasteiger partial charge in [-0.05, 0) is 69.9 Å². The van der Waals surface area contributed by atoms with Crippen LogP contribution in [0.5, 0.6) is 0 Å². The lowest BCUT2D eigenvalue weighted by molar-refractivity contribution is -0.130. The highest BCUT2D eigenvalue weighted by Crippen LogP contribution is 2.46. The van der Waals surface area contributed by atoms with Crippen molar-refractivity contribution in [3.63, 3.8) is 0 Å². The molecule has 3 saturated heterocycles. The molecule has 0 aromatic heterocycles. The van der Waals surface area contributed by atoms with Crippen LogP contribution in [0.3, 0.4) is 0 Å². The van der Waals surface area contributed by atoms with Crippen molar-refractivity contribution < 1.29 is 13.9 Å². The predicted molar refractivity (Wildman–Crippen MR) is 132 cm³/mol. The minimum Gasteiger partial charge on any atom is -0.371 e. The summed E-state index contributed by atoms with van der Waals surface area (Å²) in [5.74, 6) is -0.749. The van der Waals surface area contributed by atoms with E-state index >= 15 is 0 Å². The number of nitrogens with two attached hydrogens (primary N) is 2. The van der Waals surface area contributed by atoms with Gasteiger partial charge in [0.1, 0.15) is 6.17 Å². The molecule has 0 radical (unpaired) electrons. The van der Waals surface area contributed by atoms with Crippen LogP contribution in [0.15, 0.2) is 0 Å². The van der Waals surface area contributed by atoms with E-state index in [2.05, 4.69) is 21.3 Å². The van der Waals surface area contributed by atoms with Crippen molar-refractivity contribution in [1.29, 1.82) is 0 Å². The van der Waals surface area contributed by atoms with Crippen LogP contribution in [0, 0.1) is 11.3 Å². The number of hydrogen-bond acceptors (Lipinski definition) is 7. The number of nitrogens with one attached hydrogen (secondary N) is 4. The van der Waals surface area contributed by atoms with Crippen molar-refractivity contribution in [3.05, 3.63) is 0 Å². The summed E-state index contributed by atoms with van der Waals surface area (Å²) in [6, 6.07) is -0.356. The molecule has 8 nitrogen and oxygen atoms in total. The first-order chi connectivity index (χ1) is 16.5. The average molecular weight is 483 g/mol. The monoisotopic (exact) mass is 482 g/mol. The SMILES string of the molecule is NC(N)C(C(=O)NC1CNCCC1O[C@H]1CCCNC1)C1CC2(CCCCC2)CCC(F)CN1. The lowest BCUT2D eigenvalue weighted by atomic mass is 9.65. The largest absolute Gasteiger partial charge is 0.371 e. The maximum Gasteiger partial charge on any atom is 0.227 e. The Morgan fingerprint density at radius 1 is 0.971 bits per heavy atom. The quantitative estimate of drug-likeness (QED) is 0.311. The molecule has 0 aromatic rings. The molecule has 1 aliphatic carbocycles. The summed E-state index contributed by atoms with van der Waals surface area (Å²) in [7, 11) is 0. The van der Waals surface area contributed by atoms with Gasteiger partial charge in [0, 0.05) is 25.7 Å². The summed E-state index contributed by atoms with van der Waals surface area (Å²) >= 11 is 0. The lowest BCUT2D eigenvalue weighted by Crippen LogP contribution is -2.62. The predicted octanol–water partition coefficient (Wildman–Crippen LogP) is 0.892. The maximum atomic E-state index is 14.6. The third-order valence-corrected chi connectivity index (χ3v) is 8.67. The van der Waals surface area contributed by atoms with Crippen molar-refractivity contribution >= 4 is 5.91 Å². The molecule has 1 amide bonds.